The second kappa shape index (κ2) is 6.11. The van der Waals surface area contributed by atoms with E-state index >= 15 is 0 Å². The monoisotopic (exact) mass is 285 g/mol. The Labute approximate surface area is 129 Å². The first-order valence-corrected chi connectivity index (χ1v) is 7.07. The quantitative estimate of drug-likeness (QED) is 0.779. The third-order valence-corrected chi connectivity index (χ3v) is 3.52. The lowest BCUT2D eigenvalue weighted by molar-refractivity contribution is 1.29. The van der Waals surface area contributed by atoms with Crippen LogP contribution in [-0.2, 0) is 0 Å². The van der Waals surface area contributed by atoms with Crippen molar-refractivity contribution in [1.82, 2.24) is 4.98 Å². The van der Waals surface area contributed by atoms with Gasteiger partial charge in [-0.1, -0.05) is 60.7 Å². The van der Waals surface area contributed by atoms with Gasteiger partial charge in [-0.2, -0.15) is 5.26 Å². The molecule has 0 aliphatic heterocycles. The van der Waals surface area contributed by atoms with Crippen molar-refractivity contribution < 1.29 is 0 Å². The summed E-state index contributed by atoms with van der Waals surface area (Å²) in [6, 6.07) is 24.0. The predicted octanol–water partition coefficient (Wildman–Crippen LogP) is 4.33. The molecule has 0 amide bonds. The number of benzene rings is 2. The van der Waals surface area contributed by atoms with Gasteiger partial charge in [0.05, 0.1) is 17.1 Å². The lowest BCUT2D eigenvalue weighted by Gasteiger charge is -2.12. The number of nitriles is 1. The zero-order chi connectivity index (χ0) is 15.4. The molecule has 2 aromatic carbocycles. The molecule has 0 fully saturated rings. The minimum atomic E-state index is 0.563. The van der Waals surface area contributed by atoms with E-state index in [1.807, 2.05) is 73.8 Å². The summed E-state index contributed by atoms with van der Waals surface area (Å²) in [6.07, 6.45) is 0. The number of nitrogens with zero attached hydrogens (tertiary/aromatic N) is 2. The number of rotatable bonds is 3. The predicted molar refractivity (Wildman–Crippen MR) is 89.4 cm³/mol. The molecule has 3 rings (SSSR count). The van der Waals surface area contributed by atoms with E-state index in [1.165, 1.54) is 0 Å². The van der Waals surface area contributed by atoms with Crippen molar-refractivity contribution in [2.24, 2.45) is 0 Å². The van der Waals surface area contributed by atoms with E-state index in [4.69, 9.17) is 4.98 Å². The van der Waals surface area contributed by atoms with E-state index in [0.29, 0.717) is 11.3 Å². The molecule has 0 radical (unpaired) electrons. The molecular weight excluding hydrogens is 270 g/mol. The topological polar surface area (TPSA) is 48.7 Å². The van der Waals surface area contributed by atoms with Gasteiger partial charge in [-0.25, -0.2) is 4.98 Å². The molecule has 0 spiro atoms. The highest BCUT2D eigenvalue weighted by Crippen LogP contribution is 2.31. The van der Waals surface area contributed by atoms with E-state index in [0.717, 1.165) is 22.5 Å². The first-order valence-electron chi connectivity index (χ1n) is 7.07. The third kappa shape index (κ3) is 2.55. The van der Waals surface area contributed by atoms with Crippen molar-refractivity contribution in [3.63, 3.8) is 0 Å². The number of pyridine rings is 1. The molecule has 3 heteroatoms. The molecule has 0 aliphatic carbocycles. The Balaban J connectivity index is 2.26. The highest BCUT2D eigenvalue weighted by atomic mass is 14.8. The second-order valence-corrected chi connectivity index (χ2v) is 4.87. The highest BCUT2D eigenvalue weighted by Gasteiger charge is 2.14. The van der Waals surface area contributed by atoms with Crippen LogP contribution >= 0.6 is 0 Å². The maximum Gasteiger partial charge on any atom is 0.104 e. The van der Waals surface area contributed by atoms with Crippen molar-refractivity contribution in [1.29, 1.82) is 5.26 Å². The minimum absolute atomic E-state index is 0.563. The molecular formula is C19H15N3. The molecule has 1 heterocycles. The Bertz CT molecular complexity index is 819. The van der Waals surface area contributed by atoms with Crippen LogP contribution in [0.25, 0.3) is 22.5 Å². The first-order chi connectivity index (χ1) is 10.8. The summed E-state index contributed by atoms with van der Waals surface area (Å²) in [6.45, 7) is 0. The average Bonchev–Trinajstić information content (AvgIpc) is 2.62. The van der Waals surface area contributed by atoms with Crippen molar-refractivity contribution in [3.8, 4) is 28.6 Å². The molecule has 106 valence electrons. The van der Waals surface area contributed by atoms with Gasteiger partial charge < -0.3 is 5.32 Å². The number of aromatic nitrogens is 1. The van der Waals surface area contributed by atoms with Crippen molar-refractivity contribution in [2.75, 3.05) is 12.4 Å². The Morgan fingerprint density at radius 2 is 1.50 bits per heavy atom. The number of hydrogen-bond acceptors (Lipinski definition) is 3. The lowest BCUT2D eigenvalue weighted by atomic mass is 10.0. The SMILES string of the molecule is CNc1cc(-c2ccccc2)nc(-c2ccccc2)c1C#N. The van der Waals surface area contributed by atoms with Crippen LogP contribution in [-0.4, -0.2) is 12.0 Å². The van der Waals surface area contributed by atoms with Gasteiger partial charge >= 0.3 is 0 Å². The zero-order valence-corrected chi connectivity index (χ0v) is 12.2. The van der Waals surface area contributed by atoms with E-state index in [-0.39, 0.29) is 0 Å². The largest absolute Gasteiger partial charge is 0.387 e. The molecule has 0 unspecified atom stereocenters. The molecule has 0 saturated carbocycles. The Morgan fingerprint density at radius 3 is 2.05 bits per heavy atom. The van der Waals surface area contributed by atoms with Crippen LogP contribution in [0.1, 0.15) is 5.56 Å². The van der Waals surface area contributed by atoms with Crippen LogP contribution in [0.3, 0.4) is 0 Å². The maximum atomic E-state index is 9.52. The zero-order valence-electron chi connectivity index (χ0n) is 12.2. The van der Waals surface area contributed by atoms with Gasteiger partial charge in [0.1, 0.15) is 11.6 Å². The standard InChI is InChI=1S/C19H15N3/c1-21-18-12-17(14-8-4-2-5-9-14)22-19(16(18)13-20)15-10-6-3-7-11-15/h2-12H,1H3,(H,21,22). The van der Waals surface area contributed by atoms with E-state index in [9.17, 15) is 5.26 Å². The summed E-state index contributed by atoms with van der Waals surface area (Å²) < 4.78 is 0. The minimum Gasteiger partial charge on any atom is -0.387 e. The van der Waals surface area contributed by atoms with Gasteiger partial charge in [0, 0.05) is 18.2 Å². The number of anilines is 1. The summed E-state index contributed by atoms with van der Waals surface area (Å²) in [4.78, 5) is 4.73. The summed E-state index contributed by atoms with van der Waals surface area (Å²) in [5.74, 6) is 0. The summed E-state index contributed by atoms with van der Waals surface area (Å²) in [7, 11) is 1.82. The molecule has 0 aliphatic rings. The fraction of sp³-hybridized carbons (Fsp3) is 0.0526. The molecule has 0 bridgehead atoms. The first kappa shape index (κ1) is 13.8. The van der Waals surface area contributed by atoms with Crippen LogP contribution < -0.4 is 5.32 Å². The molecule has 3 aromatic rings. The van der Waals surface area contributed by atoms with Crippen molar-refractivity contribution in [3.05, 3.63) is 72.3 Å². The van der Waals surface area contributed by atoms with Crippen LogP contribution in [0.15, 0.2) is 66.7 Å². The Kier molecular flexibility index (Phi) is 3.84. The third-order valence-electron chi connectivity index (χ3n) is 3.52. The van der Waals surface area contributed by atoms with Crippen LogP contribution in [0.4, 0.5) is 5.69 Å². The number of nitrogens with one attached hydrogen (secondary N) is 1. The molecule has 3 nitrogen and oxygen atoms in total. The van der Waals surface area contributed by atoms with Crippen molar-refractivity contribution in [2.45, 2.75) is 0 Å². The normalized spacial score (nSPS) is 10.0. The van der Waals surface area contributed by atoms with Gasteiger partial charge in [-0.05, 0) is 6.07 Å². The number of hydrogen-bond donors (Lipinski definition) is 1. The fourth-order valence-corrected chi connectivity index (χ4v) is 2.42. The molecule has 1 aromatic heterocycles. The molecule has 0 saturated heterocycles. The van der Waals surface area contributed by atoms with Gasteiger partial charge in [0.2, 0.25) is 0 Å². The van der Waals surface area contributed by atoms with Crippen molar-refractivity contribution >= 4 is 5.69 Å². The van der Waals surface area contributed by atoms with Gasteiger partial charge in [-0.3, -0.25) is 0 Å². The maximum absolute atomic E-state index is 9.52. The Hall–Kier alpha value is -3.12. The fourth-order valence-electron chi connectivity index (χ4n) is 2.42. The van der Waals surface area contributed by atoms with Gasteiger partial charge in [0.25, 0.3) is 0 Å². The highest BCUT2D eigenvalue weighted by molar-refractivity contribution is 5.79. The summed E-state index contributed by atoms with van der Waals surface area (Å²) >= 11 is 0. The average molecular weight is 285 g/mol. The van der Waals surface area contributed by atoms with Crippen LogP contribution in [0.2, 0.25) is 0 Å². The van der Waals surface area contributed by atoms with E-state index in [2.05, 4.69) is 11.4 Å². The molecule has 0 atom stereocenters. The molecule has 1 N–H and O–H groups in total. The smallest absolute Gasteiger partial charge is 0.104 e. The summed E-state index contributed by atoms with van der Waals surface area (Å²) in [5.41, 5.74) is 4.87. The Morgan fingerprint density at radius 1 is 0.909 bits per heavy atom. The van der Waals surface area contributed by atoms with E-state index in [1.54, 1.807) is 0 Å². The lowest BCUT2D eigenvalue weighted by Crippen LogP contribution is -1.99. The summed E-state index contributed by atoms with van der Waals surface area (Å²) in [5, 5.41) is 12.6. The molecule has 22 heavy (non-hydrogen) atoms. The van der Waals surface area contributed by atoms with E-state index < -0.39 is 0 Å². The van der Waals surface area contributed by atoms with Gasteiger partial charge in [0.15, 0.2) is 0 Å². The second-order valence-electron chi connectivity index (χ2n) is 4.87. The van der Waals surface area contributed by atoms with Crippen LogP contribution in [0, 0.1) is 11.3 Å². The van der Waals surface area contributed by atoms with Crippen LogP contribution in [0.5, 0.6) is 0 Å². The van der Waals surface area contributed by atoms with Gasteiger partial charge in [-0.15, -0.1) is 0 Å².